The second-order valence-corrected chi connectivity index (χ2v) is 4.70. The normalized spacial score (nSPS) is 10.5. The molecule has 0 fully saturated rings. The Kier molecular flexibility index (Phi) is 5.30. The zero-order valence-electron chi connectivity index (χ0n) is 11.8. The summed E-state index contributed by atoms with van der Waals surface area (Å²) in [6.07, 6.45) is 0. The number of nitrogens with one attached hydrogen (secondary N) is 2. The maximum Gasteiger partial charge on any atom is 0.158 e. The largest absolute Gasteiger partial charge is 0.377 e. The lowest BCUT2D eigenvalue weighted by atomic mass is 10.3. The van der Waals surface area contributed by atoms with Crippen molar-refractivity contribution in [3.8, 4) is 0 Å². The molecule has 2 aromatic rings. The van der Waals surface area contributed by atoms with Gasteiger partial charge in [0.15, 0.2) is 5.82 Å². The Morgan fingerprint density at radius 2 is 2.00 bits per heavy atom. The number of nitrogens with zero attached hydrogens (tertiary/aromatic N) is 2. The number of ether oxygens (including phenoxy) is 1. The lowest BCUT2D eigenvalue weighted by Gasteiger charge is -2.11. The molecule has 0 radical (unpaired) electrons. The molecular formula is C14H16ClFN4O. The number of hydrogen-bond acceptors (Lipinski definition) is 5. The van der Waals surface area contributed by atoms with Gasteiger partial charge in [-0.3, -0.25) is 0 Å². The first kappa shape index (κ1) is 15.5. The van der Waals surface area contributed by atoms with Gasteiger partial charge in [0.25, 0.3) is 0 Å². The number of anilines is 3. The molecule has 0 aliphatic rings. The number of hydrogen-bond donors (Lipinski definition) is 2. The molecule has 0 saturated carbocycles. The van der Waals surface area contributed by atoms with Gasteiger partial charge in [-0.05, 0) is 25.1 Å². The smallest absolute Gasteiger partial charge is 0.158 e. The summed E-state index contributed by atoms with van der Waals surface area (Å²) < 4.78 is 18.8. The second-order valence-electron chi connectivity index (χ2n) is 4.27. The number of rotatable bonds is 6. The standard InChI is InChI=1S/C14H16ClFN4O/c1-3-17-12-7-13(20-14(19-12)8-21-2)18-11-5-4-9(15)6-10(11)16/h4-7H,3,8H2,1-2H3,(H2,17,18,19,20). The third-order valence-corrected chi connectivity index (χ3v) is 2.83. The van der Waals surface area contributed by atoms with Gasteiger partial charge in [-0.2, -0.15) is 0 Å². The summed E-state index contributed by atoms with van der Waals surface area (Å²) in [4.78, 5) is 8.57. The van der Waals surface area contributed by atoms with E-state index >= 15 is 0 Å². The van der Waals surface area contributed by atoms with Crippen LogP contribution in [0.5, 0.6) is 0 Å². The summed E-state index contributed by atoms with van der Waals surface area (Å²) in [5.74, 6) is 1.19. The molecule has 112 valence electrons. The van der Waals surface area contributed by atoms with Gasteiger partial charge in [0, 0.05) is 24.7 Å². The fourth-order valence-electron chi connectivity index (χ4n) is 1.76. The first-order valence-electron chi connectivity index (χ1n) is 6.45. The highest BCUT2D eigenvalue weighted by molar-refractivity contribution is 6.30. The molecule has 21 heavy (non-hydrogen) atoms. The summed E-state index contributed by atoms with van der Waals surface area (Å²) in [6, 6.07) is 6.11. The SMILES string of the molecule is CCNc1cc(Nc2ccc(Cl)cc2F)nc(COC)n1. The highest BCUT2D eigenvalue weighted by atomic mass is 35.5. The van der Waals surface area contributed by atoms with E-state index in [1.54, 1.807) is 25.3 Å². The zero-order valence-corrected chi connectivity index (χ0v) is 12.5. The Labute approximate surface area is 127 Å². The molecule has 0 atom stereocenters. The molecule has 0 aliphatic heterocycles. The molecule has 0 unspecified atom stereocenters. The summed E-state index contributed by atoms with van der Waals surface area (Å²) in [6.45, 7) is 2.96. The number of halogens is 2. The van der Waals surface area contributed by atoms with Gasteiger partial charge in [0.2, 0.25) is 0 Å². The molecule has 2 rings (SSSR count). The minimum Gasteiger partial charge on any atom is -0.377 e. The third kappa shape index (κ3) is 4.27. The van der Waals surface area contributed by atoms with Crippen molar-refractivity contribution in [2.24, 2.45) is 0 Å². The van der Waals surface area contributed by atoms with Crippen LogP contribution < -0.4 is 10.6 Å². The van der Waals surface area contributed by atoms with Crippen molar-refractivity contribution in [2.75, 3.05) is 24.3 Å². The highest BCUT2D eigenvalue weighted by Gasteiger charge is 2.08. The molecule has 5 nitrogen and oxygen atoms in total. The van der Waals surface area contributed by atoms with Gasteiger partial charge >= 0.3 is 0 Å². The van der Waals surface area contributed by atoms with E-state index in [2.05, 4.69) is 20.6 Å². The van der Waals surface area contributed by atoms with Gasteiger partial charge in [-0.1, -0.05) is 11.6 Å². The van der Waals surface area contributed by atoms with E-state index < -0.39 is 5.82 Å². The summed E-state index contributed by atoms with van der Waals surface area (Å²) in [5.41, 5.74) is 0.295. The van der Waals surface area contributed by atoms with Crippen molar-refractivity contribution in [1.82, 2.24) is 9.97 Å². The molecule has 1 aromatic heterocycles. The minimum absolute atomic E-state index is 0.275. The molecule has 1 heterocycles. The van der Waals surface area contributed by atoms with Crippen LogP contribution in [-0.2, 0) is 11.3 Å². The fourth-order valence-corrected chi connectivity index (χ4v) is 1.91. The highest BCUT2D eigenvalue weighted by Crippen LogP contribution is 2.23. The lowest BCUT2D eigenvalue weighted by molar-refractivity contribution is 0.178. The van der Waals surface area contributed by atoms with Crippen molar-refractivity contribution in [1.29, 1.82) is 0 Å². The average molecular weight is 311 g/mol. The quantitative estimate of drug-likeness (QED) is 0.854. The van der Waals surface area contributed by atoms with E-state index in [-0.39, 0.29) is 6.61 Å². The van der Waals surface area contributed by atoms with Crippen LogP contribution in [0.2, 0.25) is 5.02 Å². The van der Waals surface area contributed by atoms with E-state index in [0.717, 1.165) is 6.54 Å². The number of methoxy groups -OCH3 is 1. The van der Waals surface area contributed by atoms with Crippen molar-refractivity contribution in [3.63, 3.8) is 0 Å². The van der Waals surface area contributed by atoms with Crippen molar-refractivity contribution in [3.05, 3.63) is 40.9 Å². The molecular weight excluding hydrogens is 295 g/mol. The predicted molar refractivity (Wildman–Crippen MR) is 81.6 cm³/mol. The van der Waals surface area contributed by atoms with Crippen LogP contribution in [0.15, 0.2) is 24.3 Å². The molecule has 0 bridgehead atoms. The Balaban J connectivity index is 2.29. The van der Waals surface area contributed by atoms with Gasteiger partial charge < -0.3 is 15.4 Å². The van der Waals surface area contributed by atoms with Gasteiger partial charge in [0.1, 0.15) is 24.1 Å². The van der Waals surface area contributed by atoms with E-state index in [1.807, 2.05) is 6.92 Å². The zero-order chi connectivity index (χ0) is 15.2. The minimum atomic E-state index is -0.445. The molecule has 7 heteroatoms. The molecule has 0 saturated heterocycles. The fraction of sp³-hybridized carbons (Fsp3) is 0.286. The summed E-state index contributed by atoms with van der Waals surface area (Å²) in [5, 5.41) is 6.35. The van der Waals surface area contributed by atoms with Crippen molar-refractivity contribution in [2.45, 2.75) is 13.5 Å². The van der Waals surface area contributed by atoms with Crippen LogP contribution in [0.1, 0.15) is 12.7 Å². The van der Waals surface area contributed by atoms with Gasteiger partial charge in [-0.25, -0.2) is 14.4 Å². The first-order valence-corrected chi connectivity index (χ1v) is 6.83. The lowest BCUT2D eigenvalue weighted by Crippen LogP contribution is -2.07. The number of benzene rings is 1. The van der Waals surface area contributed by atoms with Gasteiger partial charge in [-0.15, -0.1) is 0 Å². The van der Waals surface area contributed by atoms with Crippen LogP contribution >= 0.6 is 11.6 Å². The molecule has 2 N–H and O–H groups in total. The Morgan fingerprint density at radius 1 is 1.24 bits per heavy atom. The Bertz CT molecular complexity index is 600. The molecule has 1 aromatic carbocycles. The van der Waals surface area contributed by atoms with Crippen molar-refractivity contribution < 1.29 is 9.13 Å². The van der Waals surface area contributed by atoms with E-state index in [0.29, 0.717) is 28.2 Å². The van der Waals surface area contributed by atoms with Gasteiger partial charge in [0.05, 0.1) is 5.69 Å². The summed E-state index contributed by atoms with van der Waals surface area (Å²) in [7, 11) is 1.56. The number of aromatic nitrogens is 2. The second kappa shape index (κ2) is 7.19. The summed E-state index contributed by atoms with van der Waals surface area (Å²) >= 11 is 5.73. The Morgan fingerprint density at radius 3 is 2.67 bits per heavy atom. The van der Waals surface area contributed by atoms with Crippen LogP contribution in [0.25, 0.3) is 0 Å². The topological polar surface area (TPSA) is 59.1 Å². The van der Waals surface area contributed by atoms with Crippen LogP contribution in [0, 0.1) is 5.82 Å². The van der Waals surface area contributed by atoms with E-state index in [4.69, 9.17) is 16.3 Å². The molecule has 0 aliphatic carbocycles. The van der Waals surface area contributed by atoms with E-state index in [1.165, 1.54) is 6.07 Å². The molecule has 0 spiro atoms. The third-order valence-electron chi connectivity index (χ3n) is 2.60. The maximum absolute atomic E-state index is 13.8. The van der Waals surface area contributed by atoms with Crippen molar-refractivity contribution >= 4 is 28.9 Å². The Hall–Kier alpha value is -1.92. The average Bonchev–Trinajstić information content (AvgIpc) is 2.42. The maximum atomic E-state index is 13.8. The first-order chi connectivity index (χ1) is 10.1. The molecule has 0 amide bonds. The van der Waals surface area contributed by atoms with Crippen LogP contribution in [-0.4, -0.2) is 23.6 Å². The van der Waals surface area contributed by atoms with Crippen LogP contribution in [0.3, 0.4) is 0 Å². The van der Waals surface area contributed by atoms with Crippen LogP contribution in [0.4, 0.5) is 21.7 Å². The predicted octanol–water partition coefficient (Wildman–Crippen LogP) is 3.59. The van der Waals surface area contributed by atoms with E-state index in [9.17, 15) is 4.39 Å². The monoisotopic (exact) mass is 310 g/mol.